The molecule has 0 unspecified atom stereocenters. The molecule has 0 radical (unpaired) electrons. The van der Waals surface area contributed by atoms with E-state index in [0.717, 1.165) is 107 Å². The Kier molecular flexibility index (Phi) is 18.9. The highest BCUT2D eigenvalue weighted by atomic mass is 32.2. The molecule has 0 heterocycles. The molecule has 5 aromatic carbocycles. The maximum absolute atomic E-state index is 14.4. The molecule has 70 heavy (non-hydrogen) atoms. The number of fused-ring (bicyclic) bond motifs is 2. The number of Topliss-reactive ketones (excluding diaryl/α,β-unsaturated/α-hetero) is 1. The summed E-state index contributed by atoms with van der Waals surface area (Å²) in [6.07, 6.45) is 14.5. The number of nitrogens with one attached hydrogen (secondary N) is 1. The minimum Gasteiger partial charge on any atom is -0.485 e. The molecule has 370 valence electrons. The number of ketones is 1. The average Bonchev–Trinajstić information content (AvgIpc) is 3.74. The van der Waals surface area contributed by atoms with Crippen LogP contribution in [0.25, 0.3) is 0 Å². The van der Waals surface area contributed by atoms with Gasteiger partial charge in [-0.25, -0.2) is 0 Å². The fraction of sp³-hybridized carbons (Fsp3) is 0.468. The number of hydrogen-bond acceptors (Lipinski definition) is 7. The normalized spacial score (nSPS) is 21.2. The van der Waals surface area contributed by atoms with Crippen molar-refractivity contribution in [3.05, 3.63) is 173 Å². The van der Waals surface area contributed by atoms with Crippen molar-refractivity contribution in [3.63, 3.8) is 0 Å². The maximum Gasteiger partial charge on any atom is 0.310 e. The summed E-state index contributed by atoms with van der Waals surface area (Å²) in [6, 6.07) is 48.0. The Morgan fingerprint density at radius 3 is 1.99 bits per heavy atom. The molecular formula is C62H75NO6S. The molecule has 3 aliphatic carbocycles. The fourth-order valence-corrected chi connectivity index (χ4v) is 13.5. The quantitative estimate of drug-likeness (QED) is 0.0260. The van der Waals surface area contributed by atoms with Gasteiger partial charge >= 0.3 is 5.97 Å². The Bertz CT molecular complexity index is 2300. The molecule has 7 atom stereocenters. The summed E-state index contributed by atoms with van der Waals surface area (Å²) < 4.78 is 12.5. The van der Waals surface area contributed by atoms with Crippen LogP contribution in [-0.4, -0.2) is 53.9 Å². The van der Waals surface area contributed by atoms with Crippen LogP contribution < -0.4 is 10.1 Å². The van der Waals surface area contributed by atoms with Crippen molar-refractivity contribution in [1.29, 1.82) is 0 Å². The molecular weight excluding hydrogens is 887 g/mol. The van der Waals surface area contributed by atoms with E-state index in [4.69, 9.17) is 9.47 Å². The van der Waals surface area contributed by atoms with E-state index in [9.17, 15) is 19.5 Å². The average molecular weight is 962 g/mol. The molecule has 1 amide bonds. The minimum absolute atomic E-state index is 0.0175. The molecule has 8 heteroatoms. The highest BCUT2D eigenvalue weighted by Gasteiger charge is 2.49. The number of esters is 1. The van der Waals surface area contributed by atoms with Crippen molar-refractivity contribution >= 4 is 29.4 Å². The predicted molar refractivity (Wildman–Crippen MR) is 283 cm³/mol. The molecule has 5 aromatic rings. The number of thioether (sulfide) groups is 1. The van der Waals surface area contributed by atoms with Crippen LogP contribution in [0.15, 0.2) is 140 Å². The number of hydrogen-bond donors (Lipinski definition) is 2. The second kappa shape index (κ2) is 25.8. The molecule has 0 bridgehead atoms. The molecule has 8 rings (SSSR count). The summed E-state index contributed by atoms with van der Waals surface area (Å²) >= 11 is 2.00. The van der Waals surface area contributed by atoms with Gasteiger partial charge in [0.05, 0.1) is 22.7 Å². The van der Waals surface area contributed by atoms with Gasteiger partial charge in [0, 0.05) is 12.1 Å². The number of amides is 1. The second-order valence-electron chi connectivity index (χ2n) is 20.2. The van der Waals surface area contributed by atoms with Gasteiger partial charge in [-0.05, 0) is 122 Å². The SMILES string of the molecule is CCCCC[C@H](O)CC[C@@H]1[C@H]2Cc3cccc(OCC(=O)c4ccccc4)c3C[C@H]2C[C@H]1OC(=O)[C@@H]1CCCC[C@@H]1C(=O)NCCCCCCSC(c1ccccc1)(c1ccccc1)c1ccccc1. The number of aliphatic hydroxyl groups is 1. The predicted octanol–water partition coefficient (Wildman–Crippen LogP) is 13.1. The van der Waals surface area contributed by atoms with Crippen molar-refractivity contribution in [2.24, 2.45) is 29.6 Å². The van der Waals surface area contributed by atoms with Crippen molar-refractivity contribution in [1.82, 2.24) is 5.32 Å². The third-order valence-corrected chi connectivity index (χ3v) is 17.3. The van der Waals surface area contributed by atoms with Crippen LogP contribution in [0.2, 0.25) is 0 Å². The van der Waals surface area contributed by atoms with E-state index in [2.05, 4.69) is 109 Å². The Morgan fingerprint density at radius 1 is 0.700 bits per heavy atom. The minimum atomic E-state index is -0.452. The maximum atomic E-state index is 14.4. The molecule has 3 aliphatic rings. The lowest BCUT2D eigenvalue weighted by molar-refractivity contribution is -0.162. The van der Waals surface area contributed by atoms with E-state index in [-0.39, 0.29) is 59.0 Å². The van der Waals surface area contributed by atoms with Gasteiger partial charge in [0.1, 0.15) is 11.9 Å². The van der Waals surface area contributed by atoms with Gasteiger partial charge in [-0.3, -0.25) is 14.4 Å². The number of aliphatic hydroxyl groups excluding tert-OH is 1. The zero-order chi connectivity index (χ0) is 48.5. The lowest BCUT2D eigenvalue weighted by Gasteiger charge is -2.35. The first-order valence-electron chi connectivity index (χ1n) is 26.6. The first kappa shape index (κ1) is 51.2. The molecule has 0 aliphatic heterocycles. The van der Waals surface area contributed by atoms with Gasteiger partial charge in [0.15, 0.2) is 12.4 Å². The summed E-state index contributed by atoms with van der Waals surface area (Å²) in [5.74, 6) is 1.32. The topological polar surface area (TPSA) is 102 Å². The molecule has 0 spiro atoms. The van der Waals surface area contributed by atoms with E-state index in [1.165, 1.54) is 22.3 Å². The van der Waals surface area contributed by atoms with Crippen LogP contribution in [0.4, 0.5) is 0 Å². The number of carbonyl (C=O) groups is 3. The summed E-state index contributed by atoms with van der Waals surface area (Å²) in [5.41, 5.74) is 6.84. The largest absolute Gasteiger partial charge is 0.485 e. The van der Waals surface area contributed by atoms with Crippen LogP contribution >= 0.6 is 11.8 Å². The van der Waals surface area contributed by atoms with Gasteiger partial charge in [-0.15, -0.1) is 11.8 Å². The first-order valence-corrected chi connectivity index (χ1v) is 27.6. The monoisotopic (exact) mass is 962 g/mol. The third kappa shape index (κ3) is 12.8. The standard InChI is InChI=1S/C62H75NO6S/c1-2-3-10-33-51(64)37-38-52-55-41-46-26-23-36-58(68-44-57(65)45-24-11-6-12-25-45)56(46)42-47(55)43-59(52)69-61(67)54-35-20-19-34-53(54)60(66)63-39-21-4-5-22-40-70-62(48-27-13-7-14-28-48,49-29-15-8-16-30-49)50-31-17-9-18-32-50/h6-9,11-18,23-32,36,47,51-55,59,64H,2-5,10,19-22,33-35,37-44H2,1H3,(H,63,66)/t47-,51-,52+,53-,54+,55-,59+/m0/s1. The summed E-state index contributed by atoms with van der Waals surface area (Å²) in [6.45, 7) is 2.76. The van der Waals surface area contributed by atoms with Crippen molar-refractivity contribution in [3.8, 4) is 5.75 Å². The smallest absolute Gasteiger partial charge is 0.310 e. The van der Waals surface area contributed by atoms with Crippen LogP contribution in [0.5, 0.6) is 5.75 Å². The first-order chi connectivity index (χ1) is 34.4. The zero-order valence-electron chi connectivity index (χ0n) is 41.4. The number of carbonyl (C=O) groups excluding carboxylic acids is 3. The van der Waals surface area contributed by atoms with Crippen LogP contribution in [0.3, 0.4) is 0 Å². The summed E-state index contributed by atoms with van der Waals surface area (Å²) in [7, 11) is 0. The van der Waals surface area contributed by atoms with E-state index in [0.29, 0.717) is 37.3 Å². The van der Waals surface area contributed by atoms with Crippen LogP contribution in [-0.2, 0) is 31.9 Å². The zero-order valence-corrected chi connectivity index (χ0v) is 42.2. The van der Waals surface area contributed by atoms with E-state index >= 15 is 0 Å². The van der Waals surface area contributed by atoms with Crippen LogP contribution in [0.1, 0.15) is 141 Å². The third-order valence-electron chi connectivity index (χ3n) is 15.7. The van der Waals surface area contributed by atoms with Crippen LogP contribution in [0, 0.1) is 29.6 Å². The van der Waals surface area contributed by atoms with E-state index in [1.54, 1.807) is 0 Å². The Hall–Kier alpha value is -5.18. The Morgan fingerprint density at radius 2 is 1.33 bits per heavy atom. The molecule has 0 aromatic heterocycles. The lowest BCUT2D eigenvalue weighted by Crippen LogP contribution is -2.42. The molecule has 0 saturated heterocycles. The van der Waals surface area contributed by atoms with Crippen molar-refractivity contribution < 1.29 is 29.0 Å². The van der Waals surface area contributed by atoms with Gasteiger partial charge in [0.2, 0.25) is 5.91 Å². The number of rotatable bonds is 25. The molecule has 7 nitrogen and oxygen atoms in total. The number of benzene rings is 5. The Labute approximate surface area is 421 Å². The van der Waals surface area contributed by atoms with E-state index in [1.807, 2.05) is 54.2 Å². The van der Waals surface area contributed by atoms with Gasteiger partial charge < -0.3 is 19.9 Å². The molecule has 2 saturated carbocycles. The summed E-state index contributed by atoms with van der Waals surface area (Å²) in [4.78, 5) is 41.3. The number of ether oxygens (including phenoxy) is 2. The Balaban J connectivity index is 0.851. The van der Waals surface area contributed by atoms with E-state index < -0.39 is 5.92 Å². The second-order valence-corrected chi connectivity index (χ2v) is 21.5. The van der Waals surface area contributed by atoms with Gasteiger partial charge in [-0.1, -0.05) is 185 Å². The fourth-order valence-electron chi connectivity index (χ4n) is 11.9. The molecule has 2 fully saturated rings. The highest BCUT2D eigenvalue weighted by molar-refractivity contribution is 8.00. The van der Waals surface area contributed by atoms with Crippen molar-refractivity contribution in [2.75, 3.05) is 18.9 Å². The summed E-state index contributed by atoms with van der Waals surface area (Å²) in [5, 5.41) is 14.3. The molecule has 2 N–H and O–H groups in total. The lowest BCUT2D eigenvalue weighted by atomic mass is 9.73. The van der Waals surface area contributed by atoms with Crippen molar-refractivity contribution in [2.45, 2.75) is 133 Å². The number of unbranched alkanes of at least 4 members (excludes halogenated alkanes) is 5. The van der Waals surface area contributed by atoms with Gasteiger partial charge in [0.25, 0.3) is 0 Å². The highest BCUT2D eigenvalue weighted by Crippen LogP contribution is 2.51. The van der Waals surface area contributed by atoms with Gasteiger partial charge in [-0.2, -0.15) is 0 Å².